The summed E-state index contributed by atoms with van der Waals surface area (Å²) in [6.07, 6.45) is 0. The molecule has 0 saturated carbocycles. The van der Waals surface area contributed by atoms with Gasteiger partial charge in [0.1, 0.15) is 5.75 Å². The van der Waals surface area contributed by atoms with Crippen LogP contribution in [0.5, 0.6) is 5.75 Å². The Morgan fingerprint density at radius 1 is 1.09 bits per heavy atom. The molecule has 0 aliphatic carbocycles. The summed E-state index contributed by atoms with van der Waals surface area (Å²) in [6.45, 7) is 6.16. The average Bonchev–Trinajstić information content (AvgIpc) is 3.23. The summed E-state index contributed by atoms with van der Waals surface area (Å²) in [6, 6.07) is 20.7. The molecule has 0 aliphatic heterocycles. The van der Waals surface area contributed by atoms with Crippen molar-refractivity contribution in [2.75, 3.05) is 11.9 Å². The Morgan fingerprint density at radius 2 is 1.91 bits per heavy atom. The maximum absolute atomic E-state index is 12.4. The van der Waals surface area contributed by atoms with Gasteiger partial charge in [0.25, 0.3) is 5.91 Å². The molecule has 0 fully saturated rings. The third-order valence-electron chi connectivity index (χ3n) is 5.03. The van der Waals surface area contributed by atoms with Crippen LogP contribution in [0.2, 0.25) is 0 Å². The molecule has 7 heteroatoms. The topological polar surface area (TPSA) is 64.1 Å². The van der Waals surface area contributed by atoms with Crippen molar-refractivity contribution in [2.45, 2.75) is 36.8 Å². The van der Waals surface area contributed by atoms with Gasteiger partial charge in [0.15, 0.2) is 10.9 Å². The van der Waals surface area contributed by atoms with Crippen LogP contribution in [0.1, 0.15) is 36.5 Å². The summed E-state index contributed by atoms with van der Waals surface area (Å²) in [5.74, 6) is 1.61. The highest BCUT2D eigenvalue weighted by molar-refractivity contribution is 8.00. The Morgan fingerprint density at radius 3 is 2.75 bits per heavy atom. The summed E-state index contributed by atoms with van der Waals surface area (Å²) in [5, 5.41) is 14.1. The number of carbonyl (C=O) groups excluding carboxylic acids is 1. The average molecular weight is 464 g/mol. The molecule has 164 valence electrons. The summed E-state index contributed by atoms with van der Waals surface area (Å²) in [7, 11) is 0. The first-order valence-electron chi connectivity index (χ1n) is 10.5. The lowest BCUT2D eigenvalue weighted by Crippen LogP contribution is -2.20. The zero-order valence-corrected chi connectivity index (χ0v) is 19.9. The number of amides is 1. The highest BCUT2D eigenvalue weighted by Crippen LogP contribution is 2.31. The zero-order chi connectivity index (χ0) is 22.5. The minimum Gasteiger partial charge on any atom is -0.483 e. The van der Waals surface area contributed by atoms with E-state index in [9.17, 15) is 4.79 Å². The van der Waals surface area contributed by atoms with Gasteiger partial charge in [0.05, 0.1) is 0 Å². The number of fused-ring (bicyclic) bond motifs is 1. The second-order valence-electron chi connectivity index (χ2n) is 7.83. The van der Waals surface area contributed by atoms with Crippen LogP contribution >= 0.6 is 23.1 Å². The molecule has 5 nitrogen and oxygen atoms in total. The van der Waals surface area contributed by atoms with E-state index in [1.54, 1.807) is 11.8 Å². The molecule has 4 aromatic rings. The molecule has 0 aliphatic rings. The van der Waals surface area contributed by atoms with Crippen molar-refractivity contribution in [3.63, 3.8) is 0 Å². The fourth-order valence-electron chi connectivity index (χ4n) is 3.42. The van der Waals surface area contributed by atoms with Crippen molar-refractivity contribution in [3.8, 4) is 5.75 Å². The minimum absolute atomic E-state index is 0.0682. The van der Waals surface area contributed by atoms with Gasteiger partial charge in [-0.15, -0.1) is 10.2 Å². The van der Waals surface area contributed by atoms with Gasteiger partial charge in [0.2, 0.25) is 5.13 Å². The van der Waals surface area contributed by atoms with E-state index >= 15 is 0 Å². The SMILES string of the molecule is Cc1ccc(C(C)C)c(OCC(=O)Nc2nnc(SCc3cccc4ccccc34)s2)c1. The molecular weight excluding hydrogens is 438 g/mol. The van der Waals surface area contributed by atoms with E-state index in [1.807, 2.05) is 19.1 Å². The standard InChI is InChI=1S/C25H25N3O2S2/c1-16(2)20-12-11-17(3)13-22(20)30-14-23(29)26-24-27-28-25(32-24)31-15-19-9-6-8-18-7-4-5-10-21(18)19/h4-13,16H,14-15H2,1-3H3,(H,26,27,29). The van der Waals surface area contributed by atoms with Crippen molar-refractivity contribution in [1.29, 1.82) is 0 Å². The summed E-state index contributed by atoms with van der Waals surface area (Å²) >= 11 is 2.99. The molecule has 4 rings (SSSR count). The highest BCUT2D eigenvalue weighted by Gasteiger charge is 2.13. The molecule has 1 heterocycles. The number of benzene rings is 3. The molecule has 0 bridgehead atoms. The first kappa shape index (κ1) is 22.3. The Hall–Kier alpha value is -2.90. The van der Waals surface area contributed by atoms with Crippen LogP contribution in [-0.4, -0.2) is 22.7 Å². The Balaban J connectivity index is 1.33. The van der Waals surface area contributed by atoms with Crippen LogP contribution in [0, 0.1) is 6.92 Å². The van der Waals surface area contributed by atoms with Crippen molar-refractivity contribution in [3.05, 3.63) is 77.4 Å². The van der Waals surface area contributed by atoms with Crippen LogP contribution in [0.25, 0.3) is 10.8 Å². The van der Waals surface area contributed by atoms with Gasteiger partial charge in [-0.05, 0) is 46.4 Å². The van der Waals surface area contributed by atoms with Crippen molar-refractivity contribution in [2.24, 2.45) is 0 Å². The molecule has 1 aromatic heterocycles. The zero-order valence-electron chi connectivity index (χ0n) is 18.3. The summed E-state index contributed by atoms with van der Waals surface area (Å²) < 4.78 is 6.62. The van der Waals surface area contributed by atoms with E-state index in [0.717, 1.165) is 27.0 Å². The van der Waals surface area contributed by atoms with Gasteiger partial charge < -0.3 is 4.74 Å². The fourth-order valence-corrected chi connectivity index (χ4v) is 5.19. The van der Waals surface area contributed by atoms with E-state index in [2.05, 4.69) is 77.9 Å². The number of thioether (sulfide) groups is 1. The molecule has 0 unspecified atom stereocenters. The molecule has 0 saturated heterocycles. The lowest BCUT2D eigenvalue weighted by molar-refractivity contribution is -0.118. The van der Waals surface area contributed by atoms with Crippen molar-refractivity contribution < 1.29 is 9.53 Å². The number of nitrogens with one attached hydrogen (secondary N) is 1. The van der Waals surface area contributed by atoms with E-state index < -0.39 is 0 Å². The van der Waals surface area contributed by atoms with Crippen molar-refractivity contribution in [1.82, 2.24) is 10.2 Å². The van der Waals surface area contributed by atoms with Crippen LogP contribution in [0.15, 0.2) is 65.0 Å². The van der Waals surface area contributed by atoms with Gasteiger partial charge in [-0.2, -0.15) is 0 Å². The number of anilines is 1. The number of hydrogen-bond donors (Lipinski definition) is 1. The monoisotopic (exact) mass is 463 g/mol. The number of ether oxygens (including phenoxy) is 1. The number of nitrogens with zero attached hydrogens (tertiary/aromatic N) is 2. The lowest BCUT2D eigenvalue weighted by Gasteiger charge is -2.14. The molecule has 1 N–H and O–H groups in total. The summed E-state index contributed by atoms with van der Waals surface area (Å²) in [4.78, 5) is 12.4. The van der Waals surface area contributed by atoms with E-state index in [1.165, 1.54) is 27.7 Å². The molecule has 0 atom stereocenters. The largest absolute Gasteiger partial charge is 0.483 e. The number of aromatic nitrogens is 2. The van der Waals surface area contributed by atoms with Gasteiger partial charge in [-0.1, -0.05) is 91.5 Å². The molecule has 0 spiro atoms. The Kier molecular flexibility index (Phi) is 7.07. The van der Waals surface area contributed by atoms with Crippen molar-refractivity contribution >= 4 is 44.9 Å². The fraction of sp³-hybridized carbons (Fsp3) is 0.240. The first-order valence-corrected chi connectivity index (χ1v) is 12.3. The quantitative estimate of drug-likeness (QED) is 0.241. The van der Waals surface area contributed by atoms with E-state index in [-0.39, 0.29) is 12.5 Å². The Bertz CT molecular complexity index is 1230. The molecule has 3 aromatic carbocycles. The molecular formula is C25H25N3O2S2. The van der Waals surface area contributed by atoms with Gasteiger partial charge >= 0.3 is 0 Å². The molecule has 1 amide bonds. The third kappa shape index (κ3) is 5.47. The van der Waals surface area contributed by atoms with Crippen LogP contribution in [-0.2, 0) is 10.5 Å². The summed E-state index contributed by atoms with van der Waals surface area (Å²) in [5.41, 5.74) is 3.44. The highest BCUT2D eigenvalue weighted by atomic mass is 32.2. The van der Waals surface area contributed by atoms with Crippen LogP contribution < -0.4 is 10.1 Å². The number of rotatable bonds is 8. The van der Waals surface area contributed by atoms with Gasteiger partial charge in [-0.25, -0.2) is 0 Å². The maximum atomic E-state index is 12.4. The van der Waals surface area contributed by atoms with Gasteiger partial charge in [0, 0.05) is 5.75 Å². The minimum atomic E-state index is -0.247. The number of aryl methyl sites for hydroxylation is 1. The van der Waals surface area contributed by atoms with Crippen LogP contribution in [0.3, 0.4) is 0 Å². The number of carbonyl (C=O) groups is 1. The predicted octanol–water partition coefficient (Wildman–Crippen LogP) is 6.43. The van der Waals surface area contributed by atoms with Gasteiger partial charge in [-0.3, -0.25) is 10.1 Å². The lowest BCUT2D eigenvalue weighted by atomic mass is 10.0. The smallest absolute Gasteiger partial charge is 0.264 e. The third-order valence-corrected chi connectivity index (χ3v) is 7.05. The van der Waals surface area contributed by atoms with E-state index in [0.29, 0.717) is 11.0 Å². The first-order chi connectivity index (χ1) is 15.5. The maximum Gasteiger partial charge on any atom is 0.264 e. The number of hydrogen-bond acceptors (Lipinski definition) is 6. The molecule has 0 radical (unpaired) electrons. The van der Waals surface area contributed by atoms with Crippen LogP contribution in [0.4, 0.5) is 5.13 Å². The predicted molar refractivity (Wildman–Crippen MR) is 133 cm³/mol. The Labute approximate surface area is 196 Å². The van der Waals surface area contributed by atoms with E-state index in [4.69, 9.17) is 4.74 Å². The second-order valence-corrected chi connectivity index (χ2v) is 10.0. The molecule has 32 heavy (non-hydrogen) atoms. The second kappa shape index (κ2) is 10.1. The normalized spacial score (nSPS) is 11.1.